The van der Waals surface area contributed by atoms with Gasteiger partial charge in [-0.25, -0.2) is 4.79 Å². The van der Waals surface area contributed by atoms with Crippen LogP contribution in [0.4, 0.5) is 0 Å². The number of aryl methyl sites for hydroxylation is 1. The Bertz CT molecular complexity index is 704. The van der Waals surface area contributed by atoms with Crippen molar-refractivity contribution in [2.75, 3.05) is 6.54 Å². The number of hydrogen-bond acceptors (Lipinski definition) is 4. The Hall–Kier alpha value is -2.53. The van der Waals surface area contributed by atoms with Crippen LogP contribution in [0.15, 0.2) is 60.0 Å². The van der Waals surface area contributed by atoms with Gasteiger partial charge in [-0.05, 0) is 56.5 Å². The number of carboxylic acid groups (broad SMARTS) is 1. The van der Waals surface area contributed by atoms with E-state index in [1.807, 2.05) is 0 Å². The van der Waals surface area contributed by atoms with Crippen molar-refractivity contribution in [2.24, 2.45) is 5.73 Å². The largest absolute Gasteiger partial charge is 0.478 e. The second-order valence-corrected chi connectivity index (χ2v) is 6.65. The third-order valence-corrected chi connectivity index (χ3v) is 4.69. The summed E-state index contributed by atoms with van der Waals surface area (Å²) in [6.45, 7) is 8.34. The molecule has 2 atom stereocenters. The first-order valence-electron chi connectivity index (χ1n) is 8.90. The van der Waals surface area contributed by atoms with Crippen LogP contribution in [0, 0.1) is 6.92 Å². The summed E-state index contributed by atoms with van der Waals surface area (Å²) in [5.41, 5.74) is 9.03. The van der Waals surface area contributed by atoms with Crippen molar-refractivity contribution in [3.63, 3.8) is 0 Å². The highest BCUT2D eigenvalue weighted by Gasteiger charge is 2.23. The molecule has 1 heterocycles. The standard InChI is InChI=1S/C21H28N2O3/c1-14-7-9-17(10-8-14)20-6-4-5-18(26-20)13-23-16(3)15(2)19(11-12-22)21(24)25/h7-12,18,20,23H,3-6,13,22H2,1-2H3,(H,24,25)/b12-11-,19-15+/t18-,20+/m1/s1. The van der Waals surface area contributed by atoms with Gasteiger partial charge < -0.3 is 20.9 Å². The number of hydrogen-bond donors (Lipinski definition) is 3. The first-order chi connectivity index (χ1) is 12.4. The Balaban J connectivity index is 1.96. The van der Waals surface area contributed by atoms with Crippen molar-refractivity contribution >= 4 is 5.97 Å². The molecule has 1 aliphatic heterocycles. The van der Waals surface area contributed by atoms with Gasteiger partial charge in [0.05, 0.1) is 17.8 Å². The summed E-state index contributed by atoms with van der Waals surface area (Å²) < 4.78 is 6.23. The Morgan fingerprint density at radius 3 is 2.69 bits per heavy atom. The molecule has 1 aliphatic rings. The van der Waals surface area contributed by atoms with Crippen molar-refractivity contribution < 1.29 is 14.6 Å². The lowest BCUT2D eigenvalue weighted by atomic mass is 9.97. The molecule has 1 aromatic rings. The molecule has 2 rings (SSSR count). The van der Waals surface area contributed by atoms with Gasteiger partial charge in [0.25, 0.3) is 0 Å². The number of aliphatic carboxylic acids is 1. The maximum absolute atomic E-state index is 11.3. The number of benzene rings is 1. The zero-order valence-electron chi connectivity index (χ0n) is 15.5. The zero-order valence-corrected chi connectivity index (χ0v) is 15.5. The van der Waals surface area contributed by atoms with E-state index in [0.717, 1.165) is 19.3 Å². The van der Waals surface area contributed by atoms with Gasteiger partial charge in [-0.15, -0.1) is 0 Å². The molecule has 1 saturated heterocycles. The van der Waals surface area contributed by atoms with E-state index in [9.17, 15) is 9.90 Å². The number of carboxylic acids is 1. The third-order valence-electron chi connectivity index (χ3n) is 4.69. The van der Waals surface area contributed by atoms with E-state index in [4.69, 9.17) is 10.5 Å². The Labute approximate surface area is 155 Å². The normalized spacial score (nSPS) is 21.3. The van der Waals surface area contributed by atoms with Crippen LogP contribution in [-0.4, -0.2) is 23.7 Å². The molecule has 1 fully saturated rings. The Kier molecular flexibility index (Phi) is 7.04. The second kappa shape index (κ2) is 9.25. The summed E-state index contributed by atoms with van der Waals surface area (Å²) in [6.07, 6.45) is 5.85. The van der Waals surface area contributed by atoms with Crippen LogP contribution in [0.3, 0.4) is 0 Å². The van der Waals surface area contributed by atoms with E-state index < -0.39 is 5.97 Å². The molecule has 5 heteroatoms. The number of nitrogens with one attached hydrogen (secondary N) is 1. The lowest BCUT2D eigenvalue weighted by Crippen LogP contribution is -2.33. The first kappa shape index (κ1) is 19.8. The van der Waals surface area contributed by atoms with Crippen LogP contribution in [0.5, 0.6) is 0 Å². The molecule has 0 radical (unpaired) electrons. The summed E-state index contributed by atoms with van der Waals surface area (Å²) in [7, 11) is 0. The van der Waals surface area contributed by atoms with Gasteiger partial charge in [0.1, 0.15) is 0 Å². The van der Waals surface area contributed by atoms with E-state index in [0.29, 0.717) is 17.8 Å². The molecule has 0 aromatic heterocycles. The van der Waals surface area contributed by atoms with E-state index in [-0.39, 0.29) is 17.8 Å². The fourth-order valence-electron chi connectivity index (χ4n) is 3.06. The SMILES string of the molecule is C=C(NC[C@H]1CCC[C@@H](c2ccc(C)cc2)O1)/C(C)=C(\C=C/N)C(=O)O. The minimum absolute atomic E-state index is 0.0675. The molecule has 0 spiro atoms. The summed E-state index contributed by atoms with van der Waals surface area (Å²) in [5, 5.41) is 12.5. The van der Waals surface area contributed by atoms with Gasteiger partial charge in [-0.1, -0.05) is 36.4 Å². The molecule has 26 heavy (non-hydrogen) atoms. The molecule has 0 amide bonds. The maximum atomic E-state index is 11.3. The van der Waals surface area contributed by atoms with Crippen molar-refractivity contribution in [1.82, 2.24) is 5.32 Å². The molecule has 0 unspecified atom stereocenters. The summed E-state index contributed by atoms with van der Waals surface area (Å²) >= 11 is 0. The van der Waals surface area contributed by atoms with Crippen LogP contribution in [0.25, 0.3) is 0 Å². The lowest BCUT2D eigenvalue weighted by molar-refractivity contribution is -0.132. The average molecular weight is 356 g/mol. The third kappa shape index (κ3) is 5.23. The minimum Gasteiger partial charge on any atom is -0.478 e. The average Bonchev–Trinajstić information content (AvgIpc) is 2.64. The highest BCUT2D eigenvalue weighted by Crippen LogP contribution is 2.31. The molecule has 1 aromatic carbocycles. The summed E-state index contributed by atoms with van der Waals surface area (Å²) in [4.78, 5) is 11.3. The number of rotatable bonds is 7. The van der Waals surface area contributed by atoms with Crippen LogP contribution >= 0.6 is 0 Å². The van der Waals surface area contributed by atoms with Crippen molar-refractivity contribution in [2.45, 2.75) is 45.3 Å². The summed E-state index contributed by atoms with van der Waals surface area (Å²) in [5.74, 6) is -1.03. The molecular weight excluding hydrogens is 328 g/mol. The number of carbonyl (C=O) groups is 1. The zero-order chi connectivity index (χ0) is 19.1. The second-order valence-electron chi connectivity index (χ2n) is 6.65. The van der Waals surface area contributed by atoms with E-state index in [1.165, 1.54) is 23.4 Å². The summed E-state index contributed by atoms with van der Waals surface area (Å²) in [6, 6.07) is 8.46. The van der Waals surface area contributed by atoms with Crippen LogP contribution in [-0.2, 0) is 9.53 Å². The van der Waals surface area contributed by atoms with Crippen molar-refractivity contribution in [1.29, 1.82) is 0 Å². The fourth-order valence-corrected chi connectivity index (χ4v) is 3.06. The van der Waals surface area contributed by atoms with E-state index >= 15 is 0 Å². The topological polar surface area (TPSA) is 84.6 Å². The lowest BCUT2D eigenvalue weighted by Gasteiger charge is -2.31. The van der Waals surface area contributed by atoms with Crippen LogP contribution in [0.1, 0.15) is 43.4 Å². The minimum atomic E-state index is -1.03. The van der Waals surface area contributed by atoms with Gasteiger partial charge >= 0.3 is 5.97 Å². The highest BCUT2D eigenvalue weighted by molar-refractivity contribution is 5.91. The Morgan fingerprint density at radius 2 is 2.08 bits per heavy atom. The smallest absolute Gasteiger partial charge is 0.336 e. The highest BCUT2D eigenvalue weighted by atomic mass is 16.5. The number of ether oxygens (including phenoxy) is 1. The first-order valence-corrected chi connectivity index (χ1v) is 8.90. The van der Waals surface area contributed by atoms with Gasteiger partial charge in [0.2, 0.25) is 0 Å². The molecule has 140 valence electrons. The molecule has 5 nitrogen and oxygen atoms in total. The molecule has 0 bridgehead atoms. The van der Waals surface area contributed by atoms with E-state index in [2.05, 4.69) is 43.1 Å². The maximum Gasteiger partial charge on any atom is 0.336 e. The molecule has 0 aliphatic carbocycles. The predicted octanol–water partition coefficient (Wildman–Crippen LogP) is 3.58. The van der Waals surface area contributed by atoms with Gasteiger partial charge in [0.15, 0.2) is 0 Å². The van der Waals surface area contributed by atoms with Gasteiger partial charge in [0, 0.05) is 12.2 Å². The Morgan fingerprint density at radius 1 is 1.38 bits per heavy atom. The quantitative estimate of drug-likeness (QED) is 0.514. The van der Waals surface area contributed by atoms with Crippen molar-refractivity contribution in [3.05, 3.63) is 71.1 Å². The van der Waals surface area contributed by atoms with E-state index in [1.54, 1.807) is 6.92 Å². The predicted molar refractivity (Wildman–Crippen MR) is 103 cm³/mol. The van der Waals surface area contributed by atoms with Crippen LogP contribution < -0.4 is 11.1 Å². The number of nitrogens with two attached hydrogens (primary N) is 1. The fraction of sp³-hybridized carbons (Fsp3) is 0.381. The monoisotopic (exact) mass is 356 g/mol. The van der Waals surface area contributed by atoms with Gasteiger partial charge in [-0.3, -0.25) is 0 Å². The van der Waals surface area contributed by atoms with Crippen LogP contribution in [0.2, 0.25) is 0 Å². The molecular formula is C21H28N2O3. The van der Waals surface area contributed by atoms with Crippen molar-refractivity contribution in [3.8, 4) is 0 Å². The molecule has 4 N–H and O–H groups in total. The number of allylic oxidation sites excluding steroid dienone is 1. The van der Waals surface area contributed by atoms with Gasteiger partial charge in [-0.2, -0.15) is 0 Å². The molecule has 0 saturated carbocycles.